The number of benzene rings is 1. The number of hydrogen-bond acceptors (Lipinski definition) is 5. The van der Waals surface area contributed by atoms with Crippen molar-refractivity contribution in [2.75, 3.05) is 25.1 Å². The van der Waals surface area contributed by atoms with E-state index in [1.165, 1.54) is 21.9 Å². The fourth-order valence-electron chi connectivity index (χ4n) is 2.52. The second kappa shape index (κ2) is 9.27. The zero-order valence-electron chi connectivity index (χ0n) is 14.5. The molecule has 0 spiro atoms. The van der Waals surface area contributed by atoms with Gasteiger partial charge < -0.3 is 14.9 Å². The number of carboxylic acid groups (broad SMARTS) is 1. The number of hydrogen-bond donors (Lipinski definition) is 1. The molecular weight excluding hydrogens is 367 g/mol. The number of piperazine rings is 1. The molecule has 2 rings (SSSR count). The second-order valence-electron chi connectivity index (χ2n) is 5.82. The van der Waals surface area contributed by atoms with Gasteiger partial charge in [-0.05, 0) is 24.6 Å². The summed E-state index contributed by atoms with van der Waals surface area (Å²) in [6.07, 6.45) is 1.09. The lowest BCUT2D eigenvalue weighted by Gasteiger charge is -2.38. The molecule has 0 bridgehead atoms. The molecule has 0 aliphatic carbocycles. The Kier molecular flexibility index (Phi) is 7.69. The Bertz CT molecular complexity index is 768. The highest BCUT2D eigenvalue weighted by atomic mass is 32.2. The lowest BCUT2D eigenvalue weighted by molar-refractivity contribution is -0.155. The van der Waals surface area contributed by atoms with E-state index in [1.807, 2.05) is 0 Å². The highest BCUT2D eigenvalue weighted by Crippen LogP contribution is 2.16. The molecule has 1 aliphatic heterocycles. The first-order valence-electron chi connectivity index (χ1n) is 7.67. The van der Waals surface area contributed by atoms with E-state index in [0.717, 1.165) is 6.26 Å². The molecule has 1 aromatic rings. The Balaban J connectivity index is 0.00000105. The van der Waals surface area contributed by atoms with Crippen molar-refractivity contribution in [2.45, 2.75) is 19.5 Å². The third-order valence-corrected chi connectivity index (χ3v) is 4.67. The maximum absolute atomic E-state index is 13.2. The van der Waals surface area contributed by atoms with Gasteiger partial charge >= 0.3 is 0 Å². The van der Waals surface area contributed by atoms with Crippen LogP contribution in [0.25, 0.3) is 0 Å². The molecule has 1 heterocycles. The van der Waals surface area contributed by atoms with Crippen molar-refractivity contribution in [1.29, 1.82) is 0 Å². The average Bonchev–Trinajstić information content (AvgIpc) is 2.52. The Morgan fingerprint density at radius 3 is 2.50 bits per heavy atom. The van der Waals surface area contributed by atoms with Gasteiger partial charge in [0.25, 0.3) is 6.47 Å². The molecule has 8 nitrogen and oxygen atoms in total. The quantitative estimate of drug-likeness (QED) is 0.718. The zero-order chi connectivity index (χ0) is 19.9. The third kappa shape index (κ3) is 6.43. The Morgan fingerprint density at radius 1 is 1.35 bits per heavy atom. The van der Waals surface area contributed by atoms with E-state index in [0.29, 0.717) is 5.56 Å². The van der Waals surface area contributed by atoms with Crippen LogP contribution in [0.15, 0.2) is 24.3 Å². The standard InChI is InChI=1S/C15H19FN2O4S.CH2O2/c1-11-15(20)17(9-12-4-3-5-13(16)8-12)10-14(19)18(11)6-7-23(2,21)22;2-1-3/h3-5,8,11H,6-7,9-10H2,1-2H3;1H,(H,2,3)/t11-;/m0./s1. The summed E-state index contributed by atoms with van der Waals surface area (Å²) >= 11 is 0. The summed E-state index contributed by atoms with van der Waals surface area (Å²) in [7, 11) is -3.22. The summed E-state index contributed by atoms with van der Waals surface area (Å²) in [5, 5.41) is 6.89. The number of rotatable bonds is 5. The van der Waals surface area contributed by atoms with Gasteiger partial charge in [0.2, 0.25) is 11.8 Å². The molecule has 0 aromatic heterocycles. The predicted molar refractivity (Wildman–Crippen MR) is 91.4 cm³/mol. The molecule has 10 heteroatoms. The highest BCUT2D eigenvalue weighted by molar-refractivity contribution is 7.90. The van der Waals surface area contributed by atoms with Gasteiger partial charge in [0.15, 0.2) is 0 Å². The largest absolute Gasteiger partial charge is 0.483 e. The van der Waals surface area contributed by atoms with E-state index in [1.54, 1.807) is 19.1 Å². The fraction of sp³-hybridized carbons (Fsp3) is 0.438. The molecule has 1 atom stereocenters. The maximum atomic E-state index is 13.2. The fourth-order valence-corrected chi connectivity index (χ4v) is 3.05. The van der Waals surface area contributed by atoms with E-state index in [4.69, 9.17) is 9.90 Å². The van der Waals surface area contributed by atoms with Crippen molar-refractivity contribution in [3.8, 4) is 0 Å². The van der Waals surface area contributed by atoms with Gasteiger partial charge in [0, 0.05) is 19.3 Å². The summed E-state index contributed by atoms with van der Waals surface area (Å²) in [5.74, 6) is -1.17. The molecule has 1 fully saturated rings. The van der Waals surface area contributed by atoms with Crippen molar-refractivity contribution in [3.05, 3.63) is 35.6 Å². The van der Waals surface area contributed by atoms with Crippen LogP contribution in [-0.4, -0.2) is 72.8 Å². The predicted octanol–water partition coefficient (Wildman–Crippen LogP) is 0.130. The summed E-state index contributed by atoms with van der Waals surface area (Å²) < 4.78 is 35.7. The molecule has 0 radical (unpaired) electrons. The number of sulfone groups is 1. The summed E-state index contributed by atoms with van der Waals surface area (Å²) in [6.45, 7) is 1.33. The first-order valence-corrected chi connectivity index (χ1v) is 9.73. The van der Waals surface area contributed by atoms with E-state index in [-0.39, 0.29) is 43.7 Å². The molecule has 144 valence electrons. The summed E-state index contributed by atoms with van der Waals surface area (Å²) in [5.41, 5.74) is 0.600. The van der Waals surface area contributed by atoms with Crippen molar-refractivity contribution in [2.24, 2.45) is 0 Å². The minimum Gasteiger partial charge on any atom is -0.483 e. The number of carbonyl (C=O) groups is 3. The first kappa shape index (κ1) is 21.6. The van der Waals surface area contributed by atoms with Gasteiger partial charge in [-0.3, -0.25) is 14.4 Å². The minimum atomic E-state index is -3.22. The second-order valence-corrected chi connectivity index (χ2v) is 8.08. The van der Waals surface area contributed by atoms with Gasteiger partial charge in [0.05, 0.1) is 5.75 Å². The molecule has 1 aliphatic rings. The van der Waals surface area contributed by atoms with Crippen molar-refractivity contribution in [3.63, 3.8) is 0 Å². The van der Waals surface area contributed by atoms with E-state index < -0.39 is 21.7 Å². The van der Waals surface area contributed by atoms with Gasteiger partial charge in [-0.2, -0.15) is 0 Å². The summed E-state index contributed by atoms with van der Waals surface area (Å²) in [6, 6.07) is 5.12. The van der Waals surface area contributed by atoms with Gasteiger partial charge in [-0.1, -0.05) is 12.1 Å². The molecule has 0 unspecified atom stereocenters. The number of amides is 2. The lowest BCUT2D eigenvalue weighted by atomic mass is 10.1. The van der Waals surface area contributed by atoms with Crippen LogP contribution in [0.5, 0.6) is 0 Å². The normalized spacial score (nSPS) is 17.6. The van der Waals surface area contributed by atoms with E-state index in [9.17, 15) is 22.4 Å². The summed E-state index contributed by atoms with van der Waals surface area (Å²) in [4.78, 5) is 35.6. The third-order valence-electron chi connectivity index (χ3n) is 3.75. The Morgan fingerprint density at radius 2 is 1.96 bits per heavy atom. The molecule has 2 amide bonds. The Hall–Kier alpha value is -2.49. The monoisotopic (exact) mass is 388 g/mol. The maximum Gasteiger partial charge on any atom is 0.290 e. The van der Waals surface area contributed by atoms with Crippen molar-refractivity contribution in [1.82, 2.24) is 9.80 Å². The topological polar surface area (TPSA) is 112 Å². The molecule has 1 N–H and O–H groups in total. The Labute approximate surface area is 151 Å². The number of halogens is 1. The number of carbonyl (C=O) groups excluding carboxylic acids is 2. The van der Waals surface area contributed by atoms with Crippen LogP contribution in [0.1, 0.15) is 12.5 Å². The van der Waals surface area contributed by atoms with Gasteiger partial charge in [-0.25, -0.2) is 12.8 Å². The van der Waals surface area contributed by atoms with Crippen LogP contribution in [0.2, 0.25) is 0 Å². The van der Waals surface area contributed by atoms with Gasteiger partial charge in [-0.15, -0.1) is 0 Å². The van der Waals surface area contributed by atoms with Crippen molar-refractivity contribution >= 4 is 28.1 Å². The minimum absolute atomic E-state index is 0.00161. The molecule has 0 saturated carbocycles. The van der Waals surface area contributed by atoms with E-state index in [2.05, 4.69) is 0 Å². The molecule has 1 saturated heterocycles. The van der Waals surface area contributed by atoms with Crippen LogP contribution in [0.3, 0.4) is 0 Å². The van der Waals surface area contributed by atoms with Gasteiger partial charge in [0.1, 0.15) is 28.2 Å². The van der Waals surface area contributed by atoms with Crippen LogP contribution >= 0.6 is 0 Å². The van der Waals surface area contributed by atoms with Crippen LogP contribution < -0.4 is 0 Å². The van der Waals surface area contributed by atoms with Crippen molar-refractivity contribution < 1.29 is 32.3 Å². The number of nitrogens with zero attached hydrogens (tertiary/aromatic N) is 2. The van der Waals surface area contributed by atoms with Crippen LogP contribution in [0, 0.1) is 5.82 Å². The van der Waals surface area contributed by atoms with Crippen LogP contribution in [-0.2, 0) is 30.8 Å². The zero-order valence-corrected chi connectivity index (χ0v) is 15.3. The van der Waals surface area contributed by atoms with Crippen LogP contribution in [0.4, 0.5) is 4.39 Å². The van der Waals surface area contributed by atoms with E-state index >= 15 is 0 Å². The molecule has 26 heavy (non-hydrogen) atoms. The highest BCUT2D eigenvalue weighted by Gasteiger charge is 2.36. The smallest absolute Gasteiger partial charge is 0.290 e. The lowest BCUT2D eigenvalue weighted by Crippen LogP contribution is -2.59. The first-order chi connectivity index (χ1) is 12.1. The average molecular weight is 388 g/mol. The molecular formula is C16H21FN2O6S. The SMILES string of the molecule is C[C@H]1C(=O)N(Cc2cccc(F)c2)CC(=O)N1CCS(C)(=O)=O.O=CO. The molecule has 1 aromatic carbocycles.